The van der Waals surface area contributed by atoms with E-state index < -0.39 is 49.9 Å². The molecule has 194 valence electrons. The highest BCUT2D eigenvalue weighted by molar-refractivity contribution is 5.70. The summed E-state index contributed by atoms with van der Waals surface area (Å²) in [6.45, 7) is -0.525. The summed E-state index contributed by atoms with van der Waals surface area (Å²) in [4.78, 5) is 11.9. The second-order valence-corrected chi connectivity index (χ2v) is 7.50. The van der Waals surface area contributed by atoms with Crippen LogP contribution in [-0.2, 0) is 19.0 Å². The Labute approximate surface area is 197 Å². The van der Waals surface area contributed by atoms with Crippen LogP contribution in [0.3, 0.4) is 0 Å². The molecule has 0 saturated carbocycles. The first-order valence-corrected chi connectivity index (χ1v) is 10.9. The molecule has 0 aromatic heterocycles. The molecule has 1 saturated heterocycles. The van der Waals surface area contributed by atoms with E-state index in [-0.39, 0.29) is 6.61 Å². The van der Waals surface area contributed by atoms with Gasteiger partial charge < -0.3 is 53.6 Å². The van der Waals surface area contributed by atoms with E-state index in [1.807, 2.05) is 0 Å². The van der Waals surface area contributed by atoms with Gasteiger partial charge >= 0.3 is 5.97 Å². The third kappa shape index (κ3) is 7.58. The molecule has 1 heterocycles. The van der Waals surface area contributed by atoms with Crippen LogP contribution in [0.1, 0.15) is 19.3 Å². The lowest BCUT2D eigenvalue weighted by Crippen LogP contribution is -2.59. The first kappa shape index (κ1) is 27.9. The Hall–Kier alpha value is -2.35. The van der Waals surface area contributed by atoms with Gasteiger partial charge in [0.05, 0.1) is 41.2 Å². The van der Waals surface area contributed by atoms with Gasteiger partial charge in [-0.1, -0.05) is 0 Å². The maximum atomic E-state index is 11.9. The van der Waals surface area contributed by atoms with Crippen molar-refractivity contribution >= 4 is 5.97 Å². The number of unbranched alkanes of at least 4 members (excludes halogenated alkanes) is 2. The third-order valence-corrected chi connectivity index (χ3v) is 5.19. The molecule has 4 N–H and O–H groups in total. The number of carbonyl (C=O) groups is 1. The Kier molecular flexibility index (Phi) is 11.6. The van der Waals surface area contributed by atoms with E-state index in [0.29, 0.717) is 42.4 Å². The Bertz CT molecular complexity index is 732. The summed E-state index contributed by atoms with van der Waals surface area (Å²) in [6.07, 6.45) is -5.03. The van der Waals surface area contributed by atoms with Crippen molar-refractivity contribution in [3.05, 3.63) is 12.1 Å². The first-order valence-electron chi connectivity index (χ1n) is 10.9. The Morgan fingerprint density at radius 1 is 0.941 bits per heavy atom. The van der Waals surface area contributed by atoms with Crippen LogP contribution in [0.2, 0.25) is 0 Å². The van der Waals surface area contributed by atoms with Gasteiger partial charge in [0.1, 0.15) is 36.8 Å². The third-order valence-electron chi connectivity index (χ3n) is 5.19. The fourth-order valence-corrected chi connectivity index (χ4v) is 3.37. The molecule has 12 heteroatoms. The highest BCUT2D eigenvalue weighted by Crippen LogP contribution is 2.40. The number of aliphatic hydroxyl groups excluding tert-OH is 4. The fraction of sp³-hybridized carbons (Fsp3) is 0.682. The summed E-state index contributed by atoms with van der Waals surface area (Å²) >= 11 is 0. The summed E-state index contributed by atoms with van der Waals surface area (Å²) in [5, 5.41) is 38.7. The van der Waals surface area contributed by atoms with Gasteiger partial charge in [-0.15, -0.1) is 0 Å². The molecule has 34 heavy (non-hydrogen) atoms. The van der Waals surface area contributed by atoms with Gasteiger partial charge in [-0.05, 0) is 19.3 Å². The van der Waals surface area contributed by atoms with Crippen LogP contribution >= 0.6 is 0 Å². The minimum absolute atomic E-state index is 0.160. The smallest absolute Gasteiger partial charge is 0.332 e. The van der Waals surface area contributed by atoms with Crippen molar-refractivity contribution in [1.29, 1.82) is 0 Å². The minimum atomic E-state index is -1.65. The second-order valence-electron chi connectivity index (χ2n) is 7.50. The zero-order valence-corrected chi connectivity index (χ0v) is 19.5. The van der Waals surface area contributed by atoms with E-state index in [4.69, 9.17) is 38.3 Å². The summed E-state index contributed by atoms with van der Waals surface area (Å²) in [5.41, 5.74) is 0. The number of methoxy groups -OCH3 is 3. The predicted molar refractivity (Wildman–Crippen MR) is 116 cm³/mol. The number of hydrogen-bond acceptors (Lipinski definition) is 12. The molecule has 1 aliphatic rings. The molecule has 1 aromatic carbocycles. The molecule has 1 fully saturated rings. The molecular formula is C22H34O12. The molecular weight excluding hydrogens is 456 g/mol. The second kappa shape index (κ2) is 14.1. The Morgan fingerprint density at radius 3 is 2.18 bits per heavy atom. The van der Waals surface area contributed by atoms with Crippen molar-refractivity contribution in [2.24, 2.45) is 0 Å². The normalized spacial score (nSPS) is 24.4. The predicted octanol–water partition coefficient (Wildman–Crippen LogP) is -0.379. The monoisotopic (exact) mass is 490 g/mol. The zero-order chi connectivity index (χ0) is 25.1. The van der Waals surface area contributed by atoms with Gasteiger partial charge in [0.25, 0.3) is 0 Å². The first-order chi connectivity index (χ1) is 16.4. The molecule has 1 unspecified atom stereocenters. The summed E-state index contributed by atoms with van der Waals surface area (Å²) in [7, 11) is 4.57. The summed E-state index contributed by atoms with van der Waals surface area (Å²) in [5.74, 6) is 1.36. The van der Waals surface area contributed by atoms with Gasteiger partial charge in [0.2, 0.25) is 5.75 Å². The maximum absolute atomic E-state index is 11.9. The lowest BCUT2D eigenvalue weighted by atomic mass is 9.99. The average Bonchev–Trinajstić information content (AvgIpc) is 2.84. The largest absolute Gasteiger partial charge is 0.493 e. The molecule has 2 rings (SSSR count). The molecule has 1 aliphatic heterocycles. The van der Waals surface area contributed by atoms with Gasteiger partial charge in [0, 0.05) is 12.1 Å². The number of aliphatic hydroxyl groups is 4. The Morgan fingerprint density at radius 2 is 1.59 bits per heavy atom. The van der Waals surface area contributed by atoms with Gasteiger partial charge in [0.15, 0.2) is 17.8 Å². The molecule has 0 spiro atoms. The molecule has 0 bridgehead atoms. The van der Waals surface area contributed by atoms with Crippen molar-refractivity contribution in [1.82, 2.24) is 0 Å². The molecule has 0 radical (unpaired) electrons. The number of hydrogen-bond donors (Lipinski definition) is 4. The SMILES string of the molecule is COc1cc(OCCCCCOC(=O)CO[C@H]2[C@H](O)[C@@H](CO)OC(O)[C@@H]2O)cc(OC)c1OC. The van der Waals surface area contributed by atoms with Gasteiger partial charge in [-0.25, -0.2) is 4.79 Å². The number of rotatable bonds is 14. The van der Waals surface area contributed by atoms with Crippen LogP contribution in [-0.4, -0.2) is 105 Å². The van der Waals surface area contributed by atoms with Crippen LogP contribution in [0.25, 0.3) is 0 Å². The van der Waals surface area contributed by atoms with Crippen LogP contribution in [0.5, 0.6) is 23.0 Å². The zero-order valence-electron chi connectivity index (χ0n) is 19.5. The van der Waals surface area contributed by atoms with Crippen LogP contribution in [0.15, 0.2) is 12.1 Å². The summed E-state index contributed by atoms with van der Waals surface area (Å²) in [6, 6.07) is 3.41. The van der Waals surface area contributed by atoms with Crippen molar-refractivity contribution in [3.8, 4) is 23.0 Å². The molecule has 1 aromatic rings. The van der Waals surface area contributed by atoms with E-state index in [9.17, 15) is 20.1 Å². The highest BCUT2D eigenvalue weighted by atomic mass is 16.7. The highest BCUT2D eigenvalue weighted by Gasteiger charge is 2.44. The fourth-order valence-electron chi connectivity index (χ4n) is 3.37. The topological polar surface area (TPSA) is 163 Å². The van der Waals surface area contributed by atoms with E-state index in [1.165, 1.54) is 21.3 Å². The molecule has 5 atom stereocenters. The number of benzene rings is 1. The standard InChI is InChI=1S/C22H34O12/c1-28-14-9-13(10-15(29-2)20(14)30-3)31-7-5-4-6-8-32-17(24)12-33-21-18(25)16(11-23)34-22(27)19(21)26/h9-10,16,18-19,21-23,25-27H,4-8,11-12H2,1-3H3/t16-,18-,19-,21+,22?/m1/s1. The number of carbonyl (C=O) groups excluding carboxylic acids is 1. The number of esters is 1. The average molecular weight is 491 g/mol. The van der Waals surface area contributed by atoms with Crippen molar-refractivity contribution in [2.75, 3.05) is 47.8 Å². The van der Waals surface area contributed by atoms with Crippen LogP contribution in [0.4, 0.5) is 0 Å². The van der Waals surface area contributed by atoms with Crippen molar-refractivity contribution in [2.45, 2.75) is 50.0 Å². The Balaban J connectivity index is 1.64. The molecule has 12 nitrogen and oxygen atoms in total. The van der Waals surface area contributed by atoms with E-state index in [0.717, 1.165) is 6.42 Å². The van der Waals surface area contributed by atoms with Crippen molar-refractivity contribution in [3.63, 3.8) is 0 Å². The van der Waals surface area contributed by atoms with Gasteiger partial charge in [-0.2, -0.15) is 0 Å². The maximum Gasteiger partial charge on any atom is 0.332 e. The molecule has 0 aliphatic carbocycles. The van der Waals surface area contributed by atoms with E-state index in [1.54, 1.807) is 12.1 Å². The summed E-state index contributed by atoms with van der Waals surface area (Å²) < 4.78 is 36.7. The van der Waals surface area contributed by atoms with Crippen LogP contribution < -0.4 is 18.9 Å². The van der Waals surface area contributed by atoms with E-state index in [2.05, 4.69) is 0 Å². The number of ether oxygens (including phenoxy) is 7. The molecule has 0 amide bonds. The van der Waals surface area contributed by atoms with Crippen molar-refractivity contribution < 1.29 is 58.4 Å². The quantitative estimate of drug-likeness (QED) is 0.198. The minimum Gasteiger partial charge on any atom is -0.493 e. The van der Waals surface area contributed by atoms with Gasteiger partial charge in [-0.3, -0.25) is 0 Å². The van der Waals surface area contributed by atoms with E-state index >= 15 is 0 Å². The lowest BCUT2D eigenvalue weighted by Gasteiger charge is -2.39. The van der Waals surface area contributed by atoms with Crippen LogP contribution in [0, 0.1) is 0 Å². The lowest BCUT2D eigenvalue weighted by molar-refractivity contribution is -0.294.